The number of amides is 2. The Labute approximate surface area is 73.0 Å². The van der Waals surface area contributed by atoms with E-state index in [1.54, 1.807) is 0 Å². The van der Waals surface area contributed by atoms with Crippen LogP contribution in [0.1, 0.15) is 23.8 Å². The Morgan fingerprint density at radius 2 is 2.33 bits per heavy atom. The van der Waals surface area contributed by atoms with Gasteiger partial charge in [-0.25, -0.2) is 4.79 Å². The van der Waals surface area contributed by atoms with Gasteiger partial charge < -0.3 is 5.73 Å². The smallest absolute Gasteiger partial charge is 0.318 e. The minimum atomic E-state index is -0.589. The van der Waals surface area contributed by atoms with Crippen LogP contribution in [0.25, 0.3) is 0 Å². The van der Waals surface area contributed by atoms with Gasteiger partial charge in [0, 0.05) is 5.92 Å². The molecule has 64 valence electrons. The summed E-state index contributed by atoms with van der Waals surface area (Å²) >= 11 is 1.40. The number of anilines is 1. The third-order valence-electron chi connectivity index (χ3n) is 1.60. The van der Waals surface area contributed by atoms with E-state index < -0.39 is 6.03 Å². The minimum absolute atomic E-state index is 0.490. The Bertz CT molecular complexity index is 306. The van der Waals surface area contributed by atoms with Gasteiger partial charge in [0.15, 0.2) is 0 Å². The summed E-state index contributed by atoms with van der Waals surface area (Å²) in [6.07, 6.45) is 2.37. The van der Waals surface area contributed by atoms with Crippen molar-refractivity contribution in [2.75, 3.05) is 5.32 Å². The fraction of sp³-hybridized carbons (Fsp3) is 0.500. The van der Waals surface area contributed by atoms with E-state index in [4.69, 9.17) is 5.73 Å². The van der Waals surface area contributed by atoms with Crippen LogP contribution in [-0.4, -0.2) is 16.2 Å². The first-order valence-electron chi connectivity index (χ1n) is 3.65. The van der Waals surface area contributed by atoms with Crippen LogP contribution in [0.2, 0.25) is 0 Å². The molecular formula is C6H8N4OS. The molecule has 0 atom stereocenters. The minimum Gasteiger partial charge on any atom is -0.351 e. The van der Waals surface area contributed by atoms with Gasteiger partial charge in [-0.05, 0) is 12.8 Å². The van der Waals surface area contributed by atoms with Crippen LogP contribution in [0.15, 0.2) is 0 Å². The lowest BCUT2D eigenvalue weighted by molar-refractivity contribution is 0.259. The molecule has 6 heteroatoms. The van der Waals surface area contributed by atoms with Gasteiger partial charge in [0.25, 0.3) is 0 Å². The number of hydrogen-bond acceptors (Lipinski definition) is 4. The van der Waals surface area contributed by atoms with Gasteiger partial charge >= 0.3 is 6.03 Å². The molecular weight excluding hydrogens is 176 g/mol. The number of aromatic nitrogens is 2. The van der Waals surface area contributed by atoms with E-state index in [0.29, 0.717) is 11.0 Å². The second kappa shape index (κ2) is 2.71. The SMILES string of the molecule is NC(=O)Nc1nnc(C2CC2)s1. The molecule has 5 nitrogen and oxygen atoms in total. The molecule has 1 aliphatic rings. The molecule has 2 amide bonds. The number of hydrogen-bond donors (Lipinski definition) is 2. The summed E-state index contributed by atoms with van der Waals surface area (Å²) in [5, 5.41) is 11.6. The maximum atomic E-state index is 10.4. The normalized spacial score (nSPS) is 16.0. The van der Waals surface area contributed by atoms with Crippen LogP contribution in [0.5, 0.6) is 0 Å². The Balaban J connectivity index is 2.07. The van der Waals surface area contributed by atoms with Crippen LogP contribution < -0.4 is 11.1 Å². The molecule has 0 bridgehead atoms. The first-order chi connectivity index (χ1) is 5.75. The van der Waals surface area contributed by atoms with Gasteiger partial charge in [0.1, 0.15) is 5.01 Å². The fourth-order valence-corrected chi connectivity index (χ4v) is 1.80. The molecule has 1 aliphatic carbocycles. The zero-order valence-corrected chi connectivity index (χ0v) is 7.10. The molecule has 3 N–H and O–H groups in total. The van der Waals surface area contributed by atoms with Crippen LogP contribution in [0.4, 0.5) is 9.93 Å². The molecule has 0 saturated heterocycles. The van der Waals surface area contributed by atoms with Crippen molar-refractivity contribution in [1.29, 1.82) is 0 Å². The molecule has 0 aromatic carbocycles. The monoisotopic (exact) mass is 184 g/mol. The van der Waals surface area contributed by atoms with E-state index in [9.17, 15) is 4.79 Å². The molecule has 0 aliphatic heterocycles. The number of primary amides is 1. The van der Waals surface area contributed by atoms with E-state index in [0.717, 1.165) is 5.01 Å². The van der Waals surface area contributed by atoms with Crippen molar-refractivity contribution in [3.05, 3.63) is 5.01 Å². The second-order valence-electron chi connectivity index (χ2n) is 2.71. The summed E-state index contributed by atoms with van der Waals surface area (Å²) in [6.45, 7) is 0. The van der Waals surface area contributed by atoms with E-state index in [-0.39, 0.29) is 0 Å². The third kappa shape index (κ3) is 1.53. The molecule has 2 rings (SSSR count). The number of nitrogens with two attached hydrogens (primary N) is 1. The molecule has 0 radical (unpaired) electrons. The van der Waals surface area contributed by atoms with Gasteiger partial charge in [-0.1, -0.05) is 11.3 Å². The molecule has 0 spiro atoms. The van der Waals surface area contributed by atoms with Crippen molar-refractivity contribution in [2.24, 2.45) is 5.73 Å². The maximum absolute atomic E-state index is 10.4. The largest absolute Gasteiger partial charge is 0.351 e. The molecule has 1 aromatic heterocycles. The highest BCUT2D eigenvalue weighted by Crippen LogP contribution is 2.41. The molecule has 12 heavy (non-hydrogen) atoms. The van der Waals surface area contributed by atoms with E-state index >= 15 is 0 Å². The Kier molecular flexibility index (Phi) is 1.69. The summed E-state index contributed by atoms with van der Waals surface area (Å²) in [7, 11) is 0. The zero-order valence-electron chi connectivity index (χ0n) is 6.28. The Morgan fingerprint density at radius 3 is 2.92 bits per heavy atom. The summed E-state index contributed by atoms with van der Waals surface area (Å²) < 4.78 is 0. The van der Waals surface area contributed by atoms with Gasteiger partial charge in [0.05, 0.1) is 0 Å². The average Bonchev–Trinajstić information content (AvgIpc) is 2.73. The van der Waals surface area contributed by atoms with Gasteiger partial charge in [0.2, 0.25) is 5.13 Å². The quantitative estimate of drug-likeness (QED) is 0.716. The predicted octanol–water partition coefficient (Wildman–Crippen LogP) is 0.906. The summed E-state index contributed by atoms with van der Waals surface area (Å²) in [4.78, 5) is 10.4. The van der Waals surface area contributed by atoms with Crippen LogP contribution >= 0.6 is 11.3 Å². The number of nitrogens with one attached hydrogen (secondary N) is 1. The Hall–Kier alpha value is -1.17. The number of rotatable bonds is 2. The molecule has 1 fully saturated rings. The van der Waals surface area contributed by atoms with Crippen molar-refractivity contribution in [1.82, 2.24) is 10.2 Å². The van der Waals surface area contributed by atoms with Gasteiger partial charge in [-0.2, -0.15) is 0 Å². The molecule has 1 saturated carbocycles. The zero-order chi connectivity index (χ0) is 8.55. The molecule has 1 heterocycles. The number of carbonyl (C=O) groups excluding carboxylic acids is 1. The highest BCUT2D eigenvalue weighted by molar-refractivity contribution is 7.15. The number of urea groups is 1. The highest BCUT2D eigenvalue weighted by Gasteiger charge is 2.27. The van der Waals surface area contributed by atoms with Gasteiger partial charge in [-0.15, -0.1) is 10.2 Å². The van der Waals surface area contributed by atoms with Crippen molar-refractivity contribution in [2.45, 2.75) is 18.8 Å². The number of carbonyl (C=O) groups is 1. The first-order valence-corrected chi connectivity index (χ1v) is 4.47. The van der Waals surface area contributed by atoms with Crippen LogP contribution in [-0.2, 0) is 0 Å². The lowest BCUT2D eigenvalue weighted by atomic mass is 10.5. The molecule has 0 unspecified atom stereocenters. The maximum Gasteiger partial charge on any atom is 0.318 e. The van der Waals surface area contributed by atoms with E-state index in [1.165, 1.54) is 24.2 Å². The van der Waals surface area contributed by atoms with E-state index in [1.807, 2.05) is 0 Å². The topological polar surface area (TPSA) is 80.9 Å². The summed E-state index contributed by atoms with van der Waals surface area (Å²) in [5.41, 5.74) is 4.91. The fourth-order valence-electron chi connectivity index (χ4n) is 0.886. The first kappa shape index (κ1) is 7.48. The lowest BCUT2D eigenvalue weighted by Gasteiger charge is -1.90. The van der Waals surface area contributed by atoms with E-state index in [2.05, 4.69) is 15.5 Å². The molecule has 1 aromatic rings. The Morgan fingerprint density at radius 1 is 1.58 bits per heavy atom. The van der Waals surface area contributed by atoms with Crippen LogP contribution in [0.3, 0.4) is 0 Å². The highest BCUT2D eigenvalue weighted by atomic mass is 32.1. The van der Waals surface area contributed by atoms with Crippen LogP contribution in [0, 0.1) is 0 Å². The average molecular weight is 184 g/mol. The lowest BCUT2D eigenvalue weighted by Crippen LogP contribution is -2.18. The standard InChI is InChI=1S/C6H8N4OS/c7-5(11)8-6-10-9-4(12-6)3-1-2-3/h3H,1-2H2,(H3,7,8,10,11). The second-order valence-corrected chi connectivity index (χ2v) is 3.72. The van der Waals surface area contributed by atoms with Gasteiger partial charge in [-0.3, -0.25) is 5.32 Å². The van der Waals surface area contributed by atoms with Crippen molar-refractivity contribution in [3.63, 3.8) is 0 Å². The van der Waals surface area contributed by atoms with Crippen molar-refractivity contribution in [3.8, 4) is 0 Å². The van der Waals surface area contributed by atoms with Crippen molar-refractivity contribution >= 4 is 22.5 Å². The summed E-state index contributed by atoms with van der Waals surface area (Å²) in [6, 6.07) is -0.589. The predicted molar refractivity (Wildman–Crippen MR) is 45.1 cm³/mol. The summed E-state index contributed by atoms with van der Waals surface area (Å²) in [5.74, 6) is 0.575. The number of nitrogens with zero attached hydrogens (tertiary/aromatic N) is 2. The van der Waals surface area contributed by atoms with Crippen molar-refractivity contribution < 1.29 is 4.79 Å². The third-order valence-corrected chi connectivity index (χ3v) is 2.60.